The third kappa shape index (κ3) is 11.5. The molecule has 47 heavy (non-hydrogen) atoms. The van der Waals surface area contributed by atoms with E-state index in [1.54, 1.807) is 29.8 Å². The predicted octanol–water partition coefficient (Wildman–Crippen LogP) is 4.68. The van der Waals surface area contributed by atoms with Gasteiger partial charge in [0.25, 0.3) is 5.91 Å². The van der Waals surface area contributed by atoms with Gasteiger partial charge in [0.15, 0.2) is 5.78 Å². The summed E-state index contributed by atoms with van der Waals surface area (Å²) in [4.78, 5) is 64.2. The molecule has 0 radical (unpaired) electrons. The first-order valence-electron chi connectivity index (χ1n) is 14.1. The number of carbonyl (C=O) groups is 5. The van der Waals surface area contributed by atoms with Gasteiger partial charge in [-0.05, 0) is 86.6 Å². The summed E-state index contributed by atoms with van der Waals surface area (Å²) in [5, 5.41) is 17.4. The van der Waals surface area contributed by atoms with Crippen LogP contribution in [0.1, 0.15) is 33.6 Å². The van der Waals surface area contributed by atoms with Crippen molar-refractivity contribution in [3.63, 3.8) is 0 Å². The molecule has 0 spiro atoms. The highest BCUT2D eigenvalue weighted by atomic mass is 19.4. The number of alkyl halides is 3. The summed E-state index contributed by atoms with van der Waals surface area (Å²) in [5.74, 6) is -5.53. The molecular weight excluding hydrogens is 628 g/mol. The van der Waals surface area contributed by atoms with Gasteiger partial charge in [-0.2, -0.15) is 13.2 Å². The first-order valence-corrected chi connectivity index (χ1v) is 14.1. The summed E-state index contributed by atoms with van der Waals surface area (Å²) < 4.78 is 50.7. The SMILES string of the molecule is O=C(O)C=CC(=O)O.O=C(c1ccc(F)cc1)C1CCN(CCN(C(=O)c2ccc(NC(=O)C(F)(F)F)cc2)c2cccnc2)CC1. The number of anilines is 2. The van der Waals surface area contributed by atoms with Crippen molar-refractivity contribution in [3.05, 3.63) is 102 Å². The van der Waals surface area contributed by atoms with E-state index in [0.717, 1.165) is 0 Å². The van der Waals surface area contributed by atoms with Crippen LogP contribution >= 0.6 is 0 Å². The number of nitrogens with zero attached hydrogens (tertiary/aromatic N) is 3. The molecule has 1 aromatic heterocycles. The van der Waals surface area contributed by atoms with E-state index < -0.39 is 29.8 Å². The van der Waals surface area contributed by atoms with Gasteiger partial charge in [-0.3, -0.25) is 19.4 Å². The number of halogens is 4. The van der Waals surface area contributed by atoms with Crippen LogP contribution in [0.3, 0.4) is 0 Å². The molecule has 3 N–H and O–H groups in total. The zero-order valence-corrected chi connectivity index (χ0v) is 24.7. The van der Waals surface area contributed by atoms with Crippen LogP contribution < -0.4 is 10.2 Å². The summed E-state index contributed by atoms with van der Waals surface area (Å²) in [6.45, 7) is 2.14. The van der Waals surface area contributed by atoms with Crippen LogP contribution in [-0.4, -0.2) is 82.0 Å². The van der Waals surface area contributed by atoms with Gasteiger partial charge in [-0.25, -0.2) is 14.0 Å². The summed E-state index contributed by atoms with van der Waals surface area (Å²) >= 11 is 0. The van der Waals surface area contributed by atoms with Crippen molar-refractivity contribution >= 4 is 40.9 Å². The minimum absolute atomic E-state index is 0.00307. The van der Waals surface area contributed by atoms with Gasteiger partial charge in [0.2, 0.25) is 0 Å². The number of aliphatic carboxylic acids is 2. The van der Waals surface area contributed by atoms with Gasteiger partial charge in [-0.15, -0.1) is 0 Å². The van der Waals surface area contributed by atoms with Crippen LogP contribution in [0.15, 0.2) is 85.2 Å². The zero-order valence-electron chi connectivity index (χ0n) is 24.7. The third-order valence-electron chi connectivity index (χ3n) is 6.95. The average Bonchev–Trinajstić information content (AvgIpc) is 3.05. The lowest BCUT2D eigenvalue weighted by atomic mass is 9.89. The fourth-order valence-corrected chi connectivity index (χ4v) is 4.57. The number of carboxylic acid groups (broad SMARTS) is 2. The number of nitrogens with one attached hydrogen (secondary N) is 1. The van der Waals surface area contributed by atoms with E-state index in [-0.39, 0.29) is 28.9 Å². The number of ketones is 1. The molecule has 4 rings (SSSR count). The van der Waals surface area contributed by atoms with Crippen LogP contribution in [0.4, 0.5) is 28.9 Å². The second-order valence-electron chi connectivity index (χ2n) is 10.2. The number of hydrogen-bond acceptors (Lipinski definition) is 7. The maximum absolute atomic E-state index is 13.4. The van der Waals surface area contributed by atoms with Gasteiger partial charge in [0.05, 0.1) is 11.9 Å². The molecule has 2 heterocycles. The molecule has 1 fully saturated rings. The van der Waals surface area contributed by atoms with Gasteiger partial charge >= 0.3 is 24.0 Å². The average molecular weight is 659 g/mol. The summed E-state index contributed by atoms with van der Waals surface area (Å²) in [6, 6.07) is 14.2. The first kappa shape index (κ1) is 36.0. The Morgan fingerprint density at radius 3 is 1.98 bits per heavy atom. The standard InChI is InChI=1S/C28H26F4N4O3.C4H4O4/c29-22-7-3-19(4-8-22)25(37)20-11-14-35(15-12-20)16-17-36(24-2-1-13-33-18-24)26(38)21-5-9-23(10-6-21)34-27(39)28(30,31)32;5-3(6)1-2-4(7)8/h1-10,13,18,20H,11-12,14-17H2,(H,34,39);1-2H,(H,5,6)(H,7,8). The first-order chi connectivity index (χ1) is 22.2. The molecule has 0 saturated carbocycles. The van der Waals surface area contributed by atoms with E-state index in [9.17, 15) is 41.5 Å². The molecule has 0 aliphatic carbocycles. The Labute approximate surface area is 266 Å². The molecular formula is C32H30F4N4O7. The molecule has 1 aliphatic heterocycles. The highest BCUT2D eigenvalue weighted by molar-refractivity contribution is 6.06. The lowest BCUT2D eigenvalue weighted by Crippen LogP contribution is -2.43. The molecule has 15 heteroatoms. The van der Waals surface area contributed by atoms with E-state index in [1.165, 1.54) is 53.4 Å². The second kappa shape index (κ2) is 16.7. The number of carbonyl (C=O) groups excluding carboxylic acids is 3. The van der Waals surface area contributed by atoms with E-state index in [1.807, 2.05) is 0 Å². The Morgan fingerprint density at radius 1 is 0.894 bits per heavy atom. The van der Waals surface area contributed by atoms with Crippen molar-refractivity contribution in [2.75, 3.05) is 36.4 Å². The number of benzene rings is 2. The number of hydrogen-bond donors (Lipinski definition) is 3. The Morgan fingerprint density at radius 2 is 1.47 bits per heavy atom. The summed E-state index contributed by atoms with van der Waals surface area (Å²) in [5.41, 5.74) is 1.19. The molecule has 2 aromatic carbocycles. The van der Waals surface area contributed by atoms with E-state index >= 15 is 0 Å². The van der Waals surface area contributed by atoms with E-state index in [0.29, 0.717) is 62.4 Å². The molecule has 0 atom stereocenters. The molecule has 1 aliphatic rings. The second-order valence-corrected chi connectivity index (χ2v) is 10.2. The van der Waals surface area contributed by atoms with Gasteiger partial charge in [0.1, 0.15) is 5.82 Å². The van der Waals surface area contributed by atoms with Gasteiger partial charge in [0, 0.05) is 54.2 Å². The van der Waals surface area contributed by atoms with Crippen LogP contribution in [0.5, 0.6) is 0 Å². The topological polar surface area (TPSA) is 157 Å². The lowest BCUT2D eigenvalue weighted by Gasteiger charge is -2.33. The normalized spacial score (nSPS) is 13.7. The van der Waals surface area contributed by atoms with Gasteiger partial charge < -0.3 is 25.3 Å². The maximum Gasteiger partial charge on any atom is 0.471 e. The Hall–Kier alpha value is -5.44. The minimum atomic E-state index is -5.02. The molecule has 0 unspecified atom stereocenters. The largest absolute Gasteiger partial charge is 0.478 e. The number of amides is 2. The minimum Gasteiger partial charge on any atom is -0.478 e. The van der Waals surface area contributed by atoms with E-state index in [4.69, 9.17) is 10.2 Å². The molecule has 0 bridgehead atoms. The van der Waals surface area contributed by atoms with Crippen molar-refractivity contribution in [1.29, 1.82) is 0 Å². The number of pyridine rings is 1. The molecule has 3 aromatic rings. The number of carboxylic acids is 2. The number of rotatable bonds is 10. The highest BCUT2D eigenvalue weighted by Gasteiger charge is 2.38. The van der Waals surface area contributed by atoms with Crippen molar-refractivity contribution in [3.8, 4) is 0 Å². The van der Waals surface area contributed by atoms with Crippen molar-refractivity contribution in [1.82, 2.24) is 9.88 Å². The van der Waals surface area contributed by atoms with Crippen molar-refractivity contribution in [2.45, 2.75) is 19.0 Å². The summed E-state index contributed by atoms with van der Waals surface area (Å²) in [7, 11) is 0. The Bertz CT molecular complexity index is 1560. The van der Waals surface area contributed by atoms with Crippen LogP contribution in [0.25, 0.3) is 0 Å². The molecule has 2 amide bonds. The van der Waals surface area contributed by atoms with Crippen LogP contribution in [0, 0.1) is 11.7 Å². The van der Waals surface area contributed by atoms with Crippen LogP contribution in [-0.2, 0) is 14.4 Å². The molecule has 11 nitrogen and oxygen atoms in total. The molecule has 248 valence electrons. The Kier molecular flexibility index (Phi) is 12.8. The van der Waals surface area contributed by atoms with Crippen molar-refractivity contribution in [2.24, 2.45) is 5.92 Å². The summed E-state index contributed by atoms with van der Waals surface area (Å²) in [6.07, 6.45) is 0.500. The smallest absolute Gasteiger partial charge is 0.471 e. The van der Waals surface area contributed by atoms with Crippen LogP contribution in [0.2, 0.25) is 0 Å². The number of aromatic nitrogens is 1. The number of Topliss-reactive ketones (excluding diaryl/α,β-unsaturated/α-hetero) is 1. The van der Waals surface area contributed by atoms with Crippen molar-refractivity contribution < 1.29 is 51.7 Å². The number of likely N-dealkylation sites (tertiary alicyclic amines) is 1. The number of piperidine rings is 1. The Balaban J connectivity index is 0.000000665. The lowest BCUT2D eigenvalue weighted by molar-refractivity contribution is -0.167. The maximum atomic E-state index is 13.4. The third-order valence-corrected chi connectivity index (χ3v) is 6.95. The zero-order chi connectivity index (χ0) is 34.6. The molecule has 1 saturated heterocycles. The van der Waals surface area contributed by atoms with Gasteiger partial charge in [-0.1, -0.05) is 0 Å². The van der Waals surface area contributed by atoms with E-state index in [2.05, 4.69) is 9.88 Å². The monoisotopic (exact) mass is 658 g/mol. The fourth-order valence-electron chi connectivity index (χ4n) is 4.57. The fraction of sp³-hybridized carbons (Fsp3) is 0.250. The quantitative estimate of drug-likeness (QED) is 0.160. The highest BCUT2D eigenvalue weighted by Crippen LogP contribution is 2.24. The predicted molar refractivity (Wildman–Crippen MR) is 161 cm³/mol.